The Morgan fingerprint density at radius 3 is 2.42 bits per heavy atom. The summed E-state index contributed by atoms with van der Waals surface area (Å²) in [4.78, 5) is 26.3. The third kappa shape index (κ3) is 4.33. The molecule has 0 aliphatic rings. The van der Waals surface area contributed by atoms with Crippen LogP contribution in [0.1, 0.15) is 10.5 Å². The molecule has 1 heterocycles. The second-order valence-electron chi connectivity index (χ2n) is 4.54. The molecule has 1 aromatic carbocycles. The fourth-order valence-corrected chi connectivity index (χ4v) is 2.24. The number of anilines is 1. The highest BCUT2D eigenvalue weighted by atomic mass is 35.5. The Morgan fingerprint density at radius 2 is 1.83 bits per heavy atom. The lowest BCUT2D eigenvalue weighted by Crippen LogP contribution is -2.21. The normalized spacial score (nSPS) is 10.2. The highest BCUT2D eigenvalue weighted by Crippen LogP contribution is 2.35. The largest absolute Gasteiger partial charge is 0.495 e. The van der Waals surface area contributed by atoms with E-state index in [0.717, 1.165) is 0 Å². The molecule has 24 heavy (non-hydrogen) atoms. The standard InChI is InChI=1S/C15H14Cl2N2O5/c1-22-12-5-13(23-2)10(4-9(12)17)19-14(20)7-24-15(21)11-3-8(16)6-18-11/h3-6,18H,7H2,1-2H3,(H,19,20). The molecule has 1 amide bonds. The maximum atomic E-state index is 11.9. The third-order valence-electron chi connectivity index (χ3n) is 2.95. The summed E-state index contributed by atoms with van der Waals surface area (Å²) in [5.74, 6) is -0.494. The lowest BCUT2D eigenvalue weighted by atomic mass is 10.2. The smallest absolute Gasteiger partial charge is 0.355 e. The van der Waals surface area contributed by atoms with Gasteiger partial charge >= 0.3 is 5.97 Å². The van der Waals surface area contributed by atoms with Gasteiger partial charge in [0, 0.05) is 12.3 Å². The van der Waals surface area contributed by atoms with Crippen LogP contribution in [0.4, 0.5) is 5.69 Å². The molecule has 0 saturated heterocycles. The zero-order valence-electron chi connectivity index (χ0n) is 12.8. The third-order valence-corrected chi connectivity index (χ3v) is 3.46. The summed E-state index contributed by atoms with van der Waals surface area (Å²) < 4.78 is 15.1. The SMILES string of the molecule is COc1cc(OC)c(NC(=O)COC(=O)c2cc(Cl)c[nH]2)cc1Cl. The second-order valence-corrected chi connectivity index (χ2v) is 5.39. The van der Waals surface area contributed by atoms with Gasteiger partial charge in [0.2, 0.25) is 0 Å². The molecule has 2 aromatic rings. The van der Waals surface area contributed by atoms with E-state index in [1.54, 1.807) is 0 Å². The molecule has 0 saturated carbocycles. The minimum Gasteiger partial charge on any atom is -0.495 e. The van der Waals surface area contributed by atoms with Crippen molar-refractivity contribution in [1.82, 2.24) is 4.98 Å². The average molecular weight is 373 g/mol. The lowest BCUT2D eigenvalue weighted by molar-refractivity contribution is -0.119. The van der Waals surface area contributed by atoms with E-state index in [9.17, 15) is 9.59 Å². The van der Waals surface area contributed by atoms with Gasteiger partial charge in [-0.05, 0) is 12.1 Å². The number of hydrogen-bond acceptors (Lipinski definition) is 5. The summed E-state index contributed by atoms with van der Waals surface area (Å²) in [5, 5.41) is 3.21. The zero-order valence-corrected chi connectivity index (χ0v) is 14.3. The van der Waals surface area contributed by atoms with Crippen LogP contribution in [0.2, 0.25) is 10.0 Å². The molecule has 0 aliphatic carbocycles. The first kappa shape index (κ1) is 18.0. The number of esters is 1. The highest BCUT2D eigenvalue weighted by molar-refractivity contribution is 6.32. The van der Waals surface area contributed by atoms with Crippen LogP contribution < -0.4 is 14.8 Å². The van der Waals surface area contributed by atoms with Crippen LogP contribution in [0.25, 0.3) is 0 Å². The molecule has 0 fully saturated rings. The Bertz CT molecular complexity index is 760. The minimum atomic E-state index is -0.697. The molecule has 0 bridgehead atoms. The number of carbonyl (C=O) groups excluding carboxylic acids is 2. The second kappa shape index (κ2) is 7.94. The fourth-order valence-electron chi connectivity index (χ4n) is 1.84. The summed E-state index contributed by atoms with van der Waals surface area (Å²) in [7, 11) is 2.90. The van der Waals surface area contributed by atoms with E-state index in [-0.39, 0.29) is 5.69 Å². The molecule has 0 unspecified atom stereocenters. The Balaban J connectivity index is 1.99. The first-order valence-corrected chi connectivity index (χ1v) is 7.42. The number of aromatic amines is 1. The number of hydrogen-bond donors (Lipinski definition) is 2. The van der Waals surface area contributed by atoms with Crippen molar-refractivity contribution in [3.8, 4) is 11.5 Å². The van der Waals surface area contributed by atoms with Crippen molar-refractivity contribution in [3.63, 3.8) is 0 Å². The number of halogens is 2. The number of ether oxygens (including phenoxy) is 3. The van der Waals surface area contributed by atoms with Crippen LogP contribution in [-0.4, -0.2) is 37.7 Å². The van der Waals surface area contributed by atoms with Gasteiger partial charge in [0.15, 0.2) is 6.61 Å². The van der Waals surface area contributed by atoms with Crippen molar-refractivity contribution >= 4 is 40.8 Å². The summed E-state index contributed by atoms with van der Waals surface area (Å²) in [6, 6.07) is 4.41. The maximum Gasteiger partial charge on any atom is 0.355 e. The van der Waals surface area contributed by atoms with E-state index in [1.807, 2.05) is 0 Å². The first-order chi connectivity index (χ1) is 11.4. The van der Waals surface area contributed by atoms with Crippen LogP contribution in [0.3, 0.4) is 0 Å². The molecule has 9 heteroatoms. The van der Waals surface area contributed by atoms with Crippen molar-refractivity contribution in [1.29, 1.82) is 0 Å². The van der Waals surface area contributed by atoms with Gasteiger partial charge in [-0.3, -0.25) is 4.79 Å². The molecule has 0 spiro atoms. The molecule has 0 aliphatic heterocycles. The summed E-state index contributed by atoms with van der Waals surface area (Å²) in [5.41, 5.74) is 0.477. The Hall–Kier alpha value is -2.38. The predicted molar refractivity (Wildman–Crippen MR) is 89.3 cm³/mol. The molecular formula is C15H14Cl2N2O5. The van der Waals surface area contributed by atoms with Gasteiger partial charge in [0.25, 0.3) is 5.91 Å². The van der Waals surface area contributed by atoms with Gasteiger partial charge < -0.3 is 24.5 Å². The lowest BCUT2D eigenvalue weighted by Gasteiger charge is -2.13. The number of amides is 1. The van der Waals surface area contributed by atoms with Gasteiger partial charge in [-0.25, -0.2) is 4.79 Å². The summed E-state index contributed by atoms with van der Waals surface area (Å²) >= 11 is 11.7. The van der Waals surface area contributed by atoms with Crippen LogP contribution >= 0.6 is 23.2 Å². The monoisotopic (exact) mass is 372 g/mol. The van der Waals surface area contributed by atoms with Crippen LogP contribution in [-0.2, 0) is 9.53 Å². The van der Waals surface area contributed by atoms with E-state index in [2.05, 4.69) is 10.3 Å². The summed E-state index contributed by atoms with van der Waals surface area (Å²) in [6.45, 7) is -0.484. The van der Waals surface area contributed by atoms with Crippen molar-refractivity contribution in [3.05, 3.63) is 40.1 Å². The molecule has 1 aromatic heterocycles. The van der Waals surface area contributed by atoms with E-state index in [4.69, 9.17) is 37.4 Å². The van der Waals surface area contributed by atoms with E-state index < -0.39 is 18.5 Å². The number of nitrogens with one attached hydrogen (secondary N) is 2. The van der Waals surface area contributed by atoms with Crippen molar-refractivity contribution in [2.24, 2.45) is 0 Å². The van der Waals surface area contributed by atoms with Crippen LogP contribution in [0, 0.1) is 0 Å². The van der Waals surface area contributed by atoms with Crippen LogP contribution in [0.5, 0.6) is 11.5 Å². The van der Waals surface area contributed by atoms with Crippen molar-refractivity contribution in [2.45, 2.75) is 0 Å². The zero-order chi connectivity index (χ0) is 17.7. The van der Waals surface area contributed by atoms with Crippen molar-refractivity contribution in [2.75, 3.05) is 26.1 Å². The Labute approximate surface area is 147 Å². The topological polar surface area (TPSA) is 89.7 Å². The van der Waals surface area contributed by atoms with Crippen LogP contribution in [0.15, 0.2) is 24.4 Å². The van der Waals surface area contributed by atoms with Gasteiger partial charge in [-0.15, -0.1) is 0 Å². The molecular weight excluding hydrogens is 359 g/mol. The highest BCUT2D eigenvalue weighted by Gasteiger charge is 2.15. The minimum absolute atomic E-state index is 0.151. The average Bonchev–Trinajstić information content (AvgIpc) is 2.99. The molecule has 7 nitrogen and oxygen atoms in total. The number of rotatable bonds is 6. The Morgan fingerprint density at radius 1 is 1.12 bits per heavy atom. The van der Waals surface area contributed by atoms with E-state index in [1.165, 1.54) is 38.6 Å². The maximum absolute atomic E-state index is 11.9. The fraction of sp³-hybridized carbons (Fsp3) is 0.200. The van der Waals surface area contributed by atoms with Crippen molar-refractivity contribution < 1.29 is 23.8 Å². The van der Waals surface area contributed by atoms with Gasteiger partial charge in [-0.1, -0.05) is 23.2 Å². The molecule has 2 rings (SSSR count). The quantitative estimate of drug-likeness (QED) is 0.760. The van der Waals surface area contributed by atoms with Gasteiger partial charge in [-0.2, -0.15) is 0 Å². The number of benzene rings is 1. The van der Waals surface area contributed by atoms with E-state index >= 15 is 0 Å². The van der Waals surface area contributed by atoms with E-state index in [0.29, 0.717) is 27.2 Å². The Kier molecular flexibility index (Phi) is 5.94. The number of methoxy groups -OCH3 is 2. The predicted octanol–water partition coefficient (Wildman–Crippen LogP) is 3.13. The van der Waals surface area contributed by atoms with Gasteiger partial charge in [0.05, 0.1) is 30.0 Å². The first-order valence-electron chi connectivity index (χ1n) is 6.67. The number of H-pyrrole nitrogens is 1. The molecule has 128 valence electrons. The molecule has 0 atom stereocenters. The molecule has 2 N–H and O–H groups in total. The number of carbonyl (C=O) groups is 2. The van der Waals surface area contributed by atoms with Gasteiger partial charge in [0.1, 0.15) is 17.2 Å². The number of aromatic nitrogens is 1. The molecule has 0 radical (unpaired) electrons. The summed E-state index contributed by atoms with van der Waals surface area (Å²) in [6.07, 6.45) is 1.43.